The lowest BCUT2D eigenvalue weighted by molar-refractivity contribution is -0.129. The lowest BCUT2D eigenvalue weighted by atomic mass is 9.97. The van der Waals surface area contributed by atoms with Crippen molar-refractivity contribution < 1.29 is 4.79 Å². The van der Waals surface area contributed by atoms with Crippen LogP contribution in [0.15, 0.2) is 18.5 Å². The summed E-state index contributed by atoms with van der Waals surface area (Å²) < 4.78 is 0. The lowest BCUT2D eigenvalue weighted by Crippen LogP contribution is -2.52. The van der Waals surface area contributed by atoms with E-state index in [9.17, 15) is 4.79 Å². The summed E-state index contributed by atoms with van der Waals surface area (Å²) in [4.78, 5) is 25.3. The molecule has 0 radical (unpaired) electrons. The number of nitrogens with one attached hydrogen (secondary N) is 1. The van der Waals surface area contributed by atoms with Crippen LogP contribution in [0.2, 0.25) is 0 Å². The van der Waals surface area contributed by atoms with Crippen LogP contribution in [0.1, 0.15) is 25.7 Å². The summed E-state index contributed by atoms with van der Waals surface area (Å²) in [5, 5.41) is 12.6. The molecule has 3 fully saturated rings. The van der Waals surface area contributed by atoms with Crippen molar-refractivity contribution in [2.75, 3.05) is 23.1 Å². The number of carbonyl (C=O) groups excluding carboxylic acids is 1. The molecule has 2 unspecified atom stereocenters. The van der Waals surface area contributed by atoms with E-state index in [0.717, 1.165) is 37.4 Å². The second kappa shape index (κ2) is 7.18. The number of carbonyl (C=O) groups is 1. The smallest absolute Gasteiger partial charge is 0.238 e. The van der Waals surface area contributed by atoms with E-state index < -0.39 is 0 Å². The molecule has 1 aromatic heterocycles. The Hall–Kier alpha value is -1.85. The maximum Gasteiger partial charge on any atom is 0.238 e. The molecule has 3 saturated heterocycles. The highest BCUT2D eigenvalue weighted by Gasteiger charge is 2.42. The topological polar surface area (TPSA) is 85.2 Å². The van der Waals surface area contributed by atoms with Crippen LogP contribution < -0.4 is 10.2 Å². The zero-order valence-corrected chi connectivity index (χ0v) is 14.9. The molecule has 1 aromatic rings. The van der Waals surface area contributed by atoms with E-state index in [1.807, 2.05) is 6.07 Å². The van der Waals surface area contributed by atoms with Gasteiger partial charge in [0.15, 0.2) is 0 Å². The van der Waals surface area contributed by atoms with Gasteiger partial charge in [-0.15, -0.1) is 11.8 Å². The molecule has 3 aliphatic heterocycles. The second-order valence-electron chi connectivity index (χ2n) is 6.90. The molecule has 25 heavy (non-hydrogen) atoms. The van der Waals surface area contributed by atoms with Crippen molar-refractivity contribution in [2.24, 2.45) is 0 Å². The molecule has 0 saturated carbocycles. The van der Waals surface area contributed by atoms with Gasteiger partial charge in [0, 0.05) is 36.3 Å². The highest BCUT2D eigenvalue weighted by molar-refractivity contribution is 7.99. The van der Waals surface area contributed by atoms with Gasteiger partial charge in [0.05, 0.1) is 18.5 Å². The van der Waals surface area contributed by atoms with Crippen LogP contribution in [0.3, 0.4) is 0 Å². The molecule has 1 amide bonds. The SMILES string of the molecule is N#C[C@@H]1CSCN1C(=O)CNC1CC2CCC(C1)N2c1ncccn1. The third kappa shape index (κ3) is 3.31. The zero-order chi connectivity index (χ0) is 17.2. The molecule has 0 spiro atoms. The fraction of sp³-hybridized carbons (Fsp3) is 0.647. The third-order valence-corrected chi connectivity index (χ3v) is 6.42. The Morgan fingerprint density at radius 1 is 1.32 bits per heavy atom. The first-order valence-electron chi connectivity index (χ1n) is 8.82. The molecule has 4 rings (SSSR count). The zero-order valence-electron chi connectivity index (χ0n) is 14.0. The van der Waals surface area contributed by atoms with Gasteiger partial charge in [0.1, 0.15) is 6.04 Å². The monoisotopic (exact) mass is 358 g/mol. The molecule has 0 aliphatic carbocycles. The molecule has 2 bridgehead atoms. The number of hydrogen-bond donors (Lipinski definition) is 1. The van der Waals surface area contributed by atoms with E-state index in [1.165, 1.54) is 0 Å². The van der Waals surface area contributed by atoms with Gasteiger partial charge in [-0.2, -0.15) is 5.26 Å². The summed E-state index contributed by atoms with van der Waals surface area (Å²) >= 11 is 1.65. The van der Waals surface area contributed by atoms with Crippen molar-refractivity contribution >= 4 is 23.6 Å². The number of nitrogens with zero attached hydrogens (tertiary/aromatic N) is 5. The lowest BCUT2D eigenvalue weighted by Gasteiger charge is -2.39. The normalized spacial score (nSPS) is 31.2. The summed E-state index contributed by atoms with van der Waals surface area (Å²) in [7, 11) is 0. The van der Waals surface area contributed by atoms with Gasteiger partial charge in [0.2, 0.25) is 11.9 Å². The number of anilines is 1. The molecule has 7 nitrogen and oxygen atoms in total. The fourth-order valence-corrected chi connectivity index (χ4v) is 5.33. The first-order chi connectivity index (χ1) is 12.3. The molecule has 8 heteroatoms. The minimum atomic E-state index is -0.271. The summed E-state index contributed by atoms with van der Waals surface area (Å²) in [6.07, 6.45) is 7.94. The van der Waals surface area contributed by atoms with Crippen LogP contribution in [0, 0.1) is 11.3 Å². The van der Waals surface area contributed by atoms with Gasteiger partial charge in [-0.3, -0.25) is 4.79 Å². The number of rotatable bonds is 4. The number of hydrogen-bond acceptors (Lipinski definition) is 7. The summed E-state index contributed by atoms with van der Waals surface area (Å²) in [6.45, 7) is 0.324. The largest absolute Gasteiger partial charge is 0.335 e. The Bertz CT molecular complexity index is 651. The van der Waals surface area contributed by atoms with Crippen LogP contribution in [0.5, 0.6) is 0 Å². The quantitative estimate of drug-likeness (QED) is 0.859. The van der Waals surface area contributed by atoms with Gasteiger partial charge in [-0.05, 0) is 31.7 Å². The predicted molar refractivity (Wildman–Crippen MR) is 95.9 cm³/mol. The van der Waals surface area contributed by atoms with E-state index in [2.05, 4.69) is 26.3 Å². The average Bonchev–Trinajstić information content (AvgIpc) is 3.23. The maximum absolute atomic E-state index is 12.4. The van der Waals surface area contributed by atoms with E-state index in [-0.39, 0.29) is 11.9 Å². The van der Waals surface area contributed by atoms with Crippen molar-refractivity contribution in [3.63, 3.8) is 0 Å². The van der Waals surface area contributed by atoms with E-state index in [4.69, 9.17) is 5.26 Å². The van der Waals surface area contributed by atoms with Crippen molar-refractivity contribution in [1.82, 2.24) is 20.2 Å². The number of thioether (sulfide) groups is 1. The number of amides is 1. The first kappa shape index (κ1) is 16.6. The van der Waals surface area contributed by atoms with E-state index in [1.54, 1.807) is 29.1 Å². The Morgan fingerprint density at radius 2 is 2.04 bits per heavy atom. The van der Waals surface area contributed by atoms with Gasteiger partial charge in [-0.25, -0.2) is 9.97 Å². The first-order valence-corrected chi connectivity index (χ1v) is 9.97. The van der Waals surface area contributed by atoms with Crippen LogP contribution in [0.25, 0.3) is 0 Å². The van der Waals surface area contributed by atoms with Gasteiger partial charge < -0.3 is 15.1 Å². The number of aromatic nitrogens is 2. The number of piperidine rings is 1. The predicted octanol–water partition coefficient (Wildman–Crippen LogP) is 0.991. The number of nitriles is 1. The van der Waals surface area contributed by atoms with Crippen molar-refractivity contribution in [3.8, 4) is 6.07 Å². The van der Waals surface area contributed by atoms with Crippen LogP contribution in [-0.4, -0.2) is 63.1 Å². The van der Waals surface area contributed by atoms with Crippen LogP contribution in [0.4, 0.5) is 5.95 Å². The third-order valence-electron chi connectivity index (χ3n) is 5.41. The minimum Gasteiger partial charge on any atom is -0.335 e. The second-order valence-corrected chi connectivity index (χ2v) is 7.90. The number of fused-ring (bicyclic) bond motifs is 2. The minimum absolute atomic E-state index is 0.0396. The Balaban J connectivity index is 1.33. The maximum atomic E-state index is 12.4. The van der Waals surface area contributed by atoms with Gasteiger partial charge in [-0.1, -0.05) is 0 Å². The van der Waals surface area contributed by atoms with Crippen molar-refractivity contribution in [3.05, 3.63) is 18.5 Å². The Labute approximate surface area is 151 Å². The fourth-order valence-electron chi connectivity index (χ4n) is 4.22. The summed E-state index contributed by atoms with van der Waals surface area (Å²) in [6, 6.07) is 5.03. The average molecular weight is 358 g/mol. The van der Waals surface area contributed by atoms with Gasteiger partial charge >= 0.3 is 0 Å². The molecule has 0 aromatic carbocycles. The standard InChI is InChI=1S/C17H22N6OS/c18-8-15-10-25-11-22(15)16(24)9-21-12-6-13-2-3-14(7-12)23(13)17-19-4-1-5-20-17/h1,4-5,12-15,21H,2-3,6-7,9-11H2/t12?,13?,14?,15-/m1/s1. The van der Waals surface area contributed by atoms with E-state index in [0.29, 0.717) is 30.5 Å². The molecule has 132 valence electrons. The molecular weight excluding hydrogens is 336 g/mol. The Morgan fingerprint density at radius 3 is 2.72 bits per heavy atom. The highest BCUT2D eigenvalue weighted by atomic mass is 32.2. The van der Waals surface area contributed by atoms with Crippen LogP contribution in [-0.2, 0) is 4.79 Å². The molecule has 1 N–H and O–H groups in total. The summed E-state index contributed by atoms with van der Waals surface area (Å²) in [5.74, 6) is 2.23. The van der Waals surface area contributed by atoms with E-state index >= 15 is 0 Å². The summed E-state index contributed by atoms with van der Waals surface area (Å²) in [5.41, 5.74) is 0. The molecular formula is C17H22N6OS. The van der Waals surface area contributed by atoms with Crippen molar-refractivity contribution in [2.45, 2.75) is 49.9 Å². The highest BCUT2D eigenvalue weighted by Crippen LogP contribution is 2.37. The molecule has 3 aliphatic rings. The molecule has 4 heterocycles. The molecule has 3 atom stereocenters. The van der Waals surface area contributed by atoms with Gasteiger partial charge in [0.25, 0.3) is 0 Å². The Kier molecular flexibility index (Phi) is 4.77. The van der Waals surface area contributed by atoms with Crippen LogP contribution >= 0.6 is 11.8 Å². The van der Waals surface area contributed by atoms with Crippen molar-refractivity contribution in [1.29, 1.82) is 5.26 Å².